The van der Waals surface area contributed by atoms with Crippen LogP contribution in [-0.4, -0.2) is 18.0 Å². The van der Waals surface area contributed by atoms with Gasteiger partial charge in [-0.05, 0) is 208 Å². The van der Waals surface area contributed by atoms with Crippen molar-refractivity contribution in [1.29, 1.82) is 0 Å². The number of hydrogen-bond donors (Lipinski definition) is 0. The number of hydrogen-bond acceptors (Lipinski definition) is 4. The lowest BCUT2D eigenvalue weighted by Crippen LogP contribution is -2.65. The minimum Gasteiger partial charge on any atom is -0.311 e. The fraction of sp³-hybridized carbons (Fsp3) is 0.00990. The number of fused-ring (bicyclic) bond motifs is 23. The van der Waals surface area contributed by atoms with Crippen molar-refractivity contribution in [2.75, 3.05) is 19.6 Å². The highest BCUT2D eigenvalue weighted by atomic mass is 15.2. The van der Waals surface area contributed by atoms with Gasteiger partial charge in [0.1, 0.15) is 0 Å². The first-order chi connectivity index (χ1) is 59.0. The molecule has 1 spiro atoms. The summed E-state index contributed by atoms with van der Waals surface area (Å²) in [7, 11) is 0. The van der Waals surface area contributed by atoms with Gasteiger partial charge in [-0.2, -0.15) is 0 Å². The molecule has 0 N–H and O–H groups in total. The van der Waals surface area contributed by atoms with E-state index < -0.39 is 85.3 Å². The normalized spacial score (nSPS) is 15.6. The van der Waals surface area contributed by atoms with Gasteiger partial charge in [0.25, 0.3) is 13.4 Å². The third kappa shape index (κ3) is 8.06. The number of benzene rings is 17. The number of aromatic nitrogens is 1. The maximum atomic E-state index is 9.91. The highest BCUT2D eigenvalue weighted by molar-refractivity contribution is 7.03. The van der Waals surface area contributed by atoms with E-state index in [1.807, 2.05) is 66.7 Å². The minimum absolute atomic E-state index is 0.0306. The molecule has 0 fully saturated rings. The van der Waals surface area contributed by atoms with Crippen molar-refractivity contribution < 1.29 is 17.8 Å². The summed E-state index contributed by atoms with van der Waals surface area (Å²) in [6.45, 7) is -0.978. The van der Waals surface area contributed by atoms with Crippen LogP contribution in [-0.2, 0) is 5.41 Å². The van der Waals surface area contributed by atoms with E-state index in [9.17, 15) is 11.0 Å². The molecule has 4 aliphatic heterocycles. The van der Waals surface area contributed by atoms with E-state index >= 15 is 0 Å². The van der Waals surface area contributed by atoms with Crippen LogP contribution in [0.3, 0.4) is 0 Å². The van der Waals surface area contributed by atoms with Crippen molar-refractivity contribution in [2.24, 2.45) is 0 Å². The Morgan fingerprint density at radius 1 is 0.259 bits per heavy atom. The van der Waals surface area contributed by atoms with Gasteiger partial charge in [0.15, 0.2) is 0 Å². The summed E-state index contributed by atoms with van der Waals surface area (Å²) < 4.78 is 122. The average Bonchev–Trinajstić information content (AvgIpc) is 1.63. The average molecular weight is 1380 g/mol. The van der Waals surface area contributed by atoms with Gasteiger partial charge in [-0.3, -0.25) is 0 Å². The van der Waals surface area contributed by atoms with Gasteiger partial charge in [-0.1, -0.05) is 279 Å². The summed E-state index contributed by atoms with van der Waals surface area (Å²) in [5, 5.41) is 1.95. The molecular formula is C101H63B2N5. The Kier molecular flexibility index (Phi) is 10.1. The maximum absolute atomic E-state index is 9.91. The molecule has 0 radical (unpaired) electrons. The van der Waals surface area contributed by atoms with Crippen LogP contribution in [0.5, 0.6) is 0 Å². The van der Waals surface area contributed by atoms with Gasteiger partial charge in [-0.25, -0.2) is 0 Å². The number of anilines is 12. The van der Waals surface area contributed by atoms with E-state index in [0.717, 1.165) is 106 Å². The van der Waals surface area contributed by atoms with Crippen molar-refractivity contribution in [1.82, 2.24) is 4.57 Å². The van der Waals surface area contributed by atoms with E-state index in [1.165, 1.54) is 44.5 Å². The SMILES string of the molecule is [2H]c1c([2H])c([2H])c(-c2ccc(N3c4cc5c(cc4B4c6ccccc6N(c6ccccc6)c6cc(-n7c8c([2H])c([2H])c([2H])c([2H])c8c8c([2H])c([2H])c([2H])c([2H])c87)cc3c64)B3c4ccccc4N(c4ccccc4)c4c3c(cc3cc(-c6cccc7c6C6(c8ccccc8-c8ccccc86)c6ccccc6-7)ccc43)N5c3ccccc3)cc2)c([2H])c1[2H]. The largest absolute Gasteiger partial charge is 0.311 e. The standard InChI is InChI=1S/C101H63B2N5/c1-5-28-64(29-6-1)65-52-55-71(56-53-65)106-92-63-93-87(62-86(92)102-84-46-21-25-50-90(84)104(68-30-7-2-8-31-68)95-60-72(61-96(106)98(95)102)107-88-48-23-16-39-78(88)79-40-17-24-49-89(79)107)103-85-47-22-26-51-91(85)108(70-34-11-4-12-35-70)100-74-57-54-66(58-67(74)59-94(99(100)103)105(93)69-32-9-3-10-33-69)73-41-27-42-80-77-38-15-20-45-83(77)101(97(73)80)81-43-18-13-36-75(81)76-37-14-19-44-82(76)101/h1-63H/i1D,5D,6D,16D,17D,23D,24D,28D,29D,39D,40D,48D,49D. The smallest absolute Gasteiger partial charge is 0.252 e. The van der Waals surface area contributed by atoms with Gasteiger partial charge in [0.05, 0.1) is 45.6 Å². The molecule has 2 aliphatic carbocycles. The Morgan fingerprint density at radius 3 is 1.30 bits per heavy atom. The maximum Gasteiger partial charge on any atom is 0.252 e. The van der Waals surface area contributed by atoms with Crippen LogP contribution < -0.4 is 52.4 Å². The molecular weight excluding hydrogens is 1300 g/mol. The Balaban J connectivity index is 0.817. The fourth-order valence-corrected chi connectivity index (χ4v) is 19.5. The zero-order valence-electron chi connectivity index (χ0n) is 70.8. The molecule has 5 heterocycles. The lowest BCUT2D eigenvalue weighted by Gasteiger charge is -2.47. The van der Waals surface area contributed by atoms with Gasteiger partial charge in [0.2, 0.25) is 0 Å². The van der Waals surface area contributed by atoms with Crippen molar-refractivity contribution in [2.45, 2.75) is 5.41 Å². The molecule has 108 heavy (non-hydrogen) atoms. The summed E-state index contributed by atoms with van der Waals surface area (Å²) in [5.41, 5.74) is 28.1. The monoisotopic (exact) mass is 1380 g/mol. The second-order valence-electron chi connectivity index (χ2n) is 28.7. The molecule has 0 saturated carbocycles. The molecule has 0 amide bonds. The van der Waals surface area contributed by atoms with Gasteiger partial charge < -0.3 is 24.2 Å². The van der Waals surface area contributed by atoms with Crippen LogP contribution in [0.25, 0.3) is 82.8 Å². The highest BCUT2D eigenvalue weighted by Gasteiger charge is 2.54. The van der Waals surface area contributed by atoms with E-state index in [1.54, 1.807) is 16.7 Å². The van der Waals surface area contributed by atoms with E-state index in [-0.39, 0.29) is 39.5 Å². The van der Waals surface area contributed by atoms with Crippen molar-refractivity contribution >= 4 is 147 Å². The first kappa shape index (κ1) is 48.2. The van der Waals surface area contributed by atoms with Gasteiger partial charge in [0, 0.05) is 78.7 Å². The van der Waals surface area contributed by atoms with Crippen molar-refractivity contribution in [3.63, 3.8) is 0 Å². The van der Waals surface area contributed by atoms with Gasteiger partial charge >= 0.3 is 0 Å². The van der Waals surface area contributed by atoms with Crippen LogP contribution in [0, 0.1) is 0 Å². The van der Waals surface area contributed by atoms with E-state index in [2.05, 4.69) is 244 Å². The molecule has 6 aliphatic rings. The zero-order chi connectivity index (χ0) is 81.8. The number of nitrogens with zero attached hydrogens (tertiary/aromatic N) is 5. The molecule has 24 rings (SSSR count). The van der Waals surface area contributed by atoms with Gasteiger partial charge in [-0.15, -0.1) is 0 Å². The number of rotatable bonds is 7. The number of para-hydroxylation sites is 7. The summed E-state index contributed by atoms with van der Waals surface area (Å²) in [6.07, 6.45) is 0. The van der Waals surface area contributed by atoms with Crippen molar-refractivity contribution in [3.8, 4) is 50.2 Å². The van der Waals surface area contributed by atoms with Crippen LogP contribution in [0.1, 0.15) is 40.1 Å². The quantitative estimate of drug-likeness (QED) is 0.148. The molecule has 498 valence electrons. The van der Waals surface area contributed by atoms with Crippen molar-refractivity contribution in [3.05, 3.63) is 404 Å². The van der Waals surface area contributed by atoms with Crippen LogP contribution >= 0.6 is 0 Å². The first-order valence-corrected chi connectivity index (χ1v) is 36.6. The Hall–Kier alpha value is -13.9. The molecule has 0 bridgehead atoms. The van der Waals surface area contributed by atoms with Crippen LogP contribution in [0.2, 0.25) is 0 Å². The second kappa shape index (κ2) is 22.6. The zero-order valence-corrected chi connectivity index (χ0v) is 57.8. The highest BCUT2D eigenvalue weighted by Crippen LogP contribution is 2.65. The summed E-state index contributed by atoms with van der Waals surface area (Å²) >= 11 is 0. The second-order valence-corrected chi connectivity index (χ2v) is 28.7. The Labute approximate surface area is 645 Å². The molecule has 18 aromatic rings. The Morgan fingerprint density at radius 2 is 0.704 bits per heavy atom. The predicted octanol–water partition coefficient (Wildman–Crippen LogP) is 21.8. The third-order valence-corrected chi connectivity index (χ3v) is 23.6. The summed E-state index contributed by atoms with van der Waals surface area (Å²) in [4.78, 5) is 9.30. The molecule has 5 nitrogen and oxygen atoms in total. The fourth-order valence-electron chi connectivity index (χ4n) is 19.5. The third-order valence-electron chi connectivity index (χ3n) is 23.6. The predicted molar refractivity (Wildman–Crippen MR) is 454 cm³/mol. The summed E-state index contributed by atoms with van der Waals surface area (Å²) in [6, 6.07) is 102. The Bertz CT molecular complexity index is 7530. The van der Waals surface area contributed by atoms with E-state index in [4.69, 9.17) is 6.85 Å². The lowest BCUT2D eigenvalue weighted by atomic mass is 9.30. The molecule has 0 saturated heterocycles. The molecule has 0 unspecified atom stereocenters. The van der Waals surface area contributed by atoms with Crippen LogP contribution in [0.15, 0.2) is 382 Å². The summed E-state index contributed by atoms with van der Waals surface area (Å²) in [5.74, 6) is 0. The molecule has 7 heteroatoms. The van der Waals surface area contributed by atoms with E-state index in [0.29, 0.717) is 28.3 Å². The topological polar surface area (TPSA) is 17.9 Å². The minimum atomic E-state index is -0.635. The molecule has 1 aromatic heterocycles. The molecule has 0 atom stereocenters. The molecule has 17 aromatic carbocycles. The van der Waals surface area contributed by atoms with Crippen LogP contribution in [0.4, 0.5) is 68.2 Å². The lowest BCUT2D eigenvalue weighted by molar-refractivity contribution is 0.796. The first-order valence-electron chi connectivity index (χ1n) is 43.1.